The Morgan fingerprint density at radius 2 is 2.24 bits per heavy atom. The Morgan fingerprint density at radius 1 is 1.47 bits per heavy atom. The Balaban J connectivity index is 2.42. The normalized spacial score (nSPS) is 12.7. The molecule has 0 saturated carbocycles. The lowest BCUT2D eigenvalue weighted by Gasteiger charge is -2.16. The summed E-state index contributed by atoms with van der Waals surface area (Å²) in [5, 5.41) is 4.16. The van der Waals surface area contributed by atoms with Gasteiger partial charge >= 0.3 is 0 Å². The monoisotopic (exact) mass is 294 g/mol. The number of hydrogen-bond acceptors (Lipinski definition) is 3. The average Bonchev–Trinajstić information content (AvgIpc) is 2.69. The second-order valence-electron chi connectivity index (χ2n) is 4.07. The molecule has 0 radical (unpaired) electrons. The number of benzene rings is 1. The number of hydrazine groups is 1. The van der Waals surface area contributed by atoms with Crippen molar-refractivity contribution in [3.8, 4) is 0 Å². The van der Waals surface area contributed by atoms with Gasteiger partial charge in [-0.05, 0) is 24.1 Å². The van der Waals surface area contributed by atoms with Crippen LogP contribution in [-0.4, -0.2) is 9.78 Å². The summed E-state index contributed by atoms with van der Waals surface area (Å²) in [7, 11) is 1.89. The molecule has 2 aromatic rings. The van der Waals surface area contributed by atoms with Crippen LogP contribution in [0.3, 0.4) is 0 Å². The predicted molar refractivity (Wildman–Crippen MR) is 71.3 cm³/mol. The van der Waals surface area contributed by atoms with Crippen LogP contribution in [0.2, 0.25) is 0 Å². The maximum absolute atomic E-state index is 5.65. The number of nitrogens with two attached hydrogens (primary N) is 1. The number of rotatable bonds is 3. The number of aryl methyl sites for hydroxylation is 2. The largest absolute Gasteiger partial charge is 0.275 e. The van der Waals surface area contributed by atoms with E-state index in [1.54, 1.807) is 4.68 Å². The van der Waals surface area contributed by atoms with Crippen LogP contribution in [0.5, 0.6) is 0 Å². The highest BCUT2D eigenvalue weighted by atomic mass is 79.9. The van der Waals surface area contributed by atoms with Crippen molar-refractivity contribution in [3.05, 3.63) is 51.8 Å². The molecule has 0 aliphatic carbocycles. The molecule has 5 heteroatoms. The minimum atomic E-state index is -0.0568. The zero-order chi connectivity index (χ0) is 12.4. The Bertz CT molecular complexity index is 521. The molecular weight excluding hydrogens is 280 g/mol. The van der Waals surface area contributed by atoms with Crippen molar-refractivity contribution < 1.29 is 0 Å². The van der Waals surface area contributed by atoms with E-state index in [0.717, 1.165) is 15.6 Å². The average molecular weight is 295 g/mol. The summed E-state index contributed by atoms with van der Waals surface area (Å²) in [6.07, 6.45) is 3.77. The zero-order valence-corrected chi connectivity index (χ0v) is 11.4. The van der Waals surface area contributed by atoms with E-state index in [0.29, 0.717) is 0 Å². The van der Waals surface area contributed by atoms with Crippen LogP contribution in [0, 0.1) is 6.92 Å². The molecule has 3 N–H and O–H groups in total. The van der Waals surface area contributed by atoms with Gasteiger partial charge < -0.3 is 0 Å². The smallest absolute Gasteiger partial charge is 0.0751 e. The van der Waals surface area contributed by atoms with Crippen molar-refractivity contribution in [2.24, 2.45) is 12.9 Å². The molecule has 90 valence electrons. The molecule has 4 nitrogen and oxygen atoms in total. The van der Waals surface area contributed by atoms with Crippen molar-refractivity contribution in [3.63, 3.8) is 0 Å². The molecule has 0 fully saturated rings. The lowest BCUT2D eigenvalue weighted by molar-refractivity contribution is 0.633. The summed E-state index contributed by atoms with van der Waals surface area (Å²) in [6.45, 7) is 2.06. The van der Waals surface area contributed by atoms with Crippen molar-refractivity contribution in [2.45, 2.75) is 13.0 Å². The molecule has 1 atom stereocenters. The highest BCUT2D eigenvalue weighted by Crippen LogP contribution is 2.28. The third kappa shape index (κ3) is 2.57. The second kappa shape index (κ2) is 5.00. The first kappa shape index (κ1) is 12.3. The van der Waals surface area contributed by atoms with Gasteiger partial charge in [0.25, 0.3) is 0 Å². The van der Waals surface area contributed by atoms with E-state index in [9.17, 15) is 0 Å². The molecule has 1 aromatic heterocycles. The Hall–Kier alpha value is -1.17. The summed E-state index contributed by atoms with van der Waals surface area (Å²) in [6, 6.07) is 6.16. The molecule has 1 unspecified atom stereocenters. The quantitative estimate of drug-likeness (QED) is 0.673. The Labute approximate surface area is 109 Å². The van der Waals surface area contributed by atoms with E-state index >= 15 is 0 Å². The summed E-state index contributed by atoms with van der Waals surface area (Å²) in [5.74, 6) is 5.65. The summed E-state index contributed by atoms with van der Waals surface area (Å²) >= 11 is 3.57. The molecule has 0 amide bonds. The highest BCUT2D eigenvalue weighted by Gasteiger charge is 2.16. The molecule has 1 aromatic carbocycles. The van der Waals surface area contributed by atoms with Gasteiger partial charge in [0.15, 0.2) is 0 Å². The fourth-order valence-corrected chi connectivity index (χ4v) is 2.54. The zero-order valence-electron chi connectivity index (χ0n) is 9.81. The predicted octanol–water partition coefficient (Wildman–Crippen LogP) is 2.04. The SMILES string of the molecule is Cc1ccc(C(NN)c2cnn(C)c2)c(Br)c1. The van der Waals surface area contributed by atoms with Crippen molar-refractivity contribution >= 4 is 15.9 Å². The van der Waals surface area contributed by atoms with Crippen molar-refractivity contribution in [1.29, 1.82) is 0 Å². The van der Waals surface area contributed by atoms with E-state index in [4.69, 9.17) is 5.84 Å². The third-order valence-corrected chi connectivity index (χ3v) is 3.38. The van der Waals surface area contributed by atoms with Gasteiger partial charge in [-0.3, -0.25) is 10.5 Å². The van der Waals surface area contributed by atoms with Crippen molar-refractivity contribution in [2.75, 3.05) is 0 Å². The van der Waals surface area contributed by atoms with Crippen LogP contribution in [0.25, 0.3) is 0 Å². The standard InChI is InChI=1S/C12H15BrN4/c1-8-3-4-10(11(13)5-8)12(16-14)9-6-15-17(2)7-9/h3-7,12,16H,14H2,1-2H3. The van der Waals surface area contributed by atoms with Gasteiger partial charge in [0, 0.05) is 23.3 Å². The Morgan fingerprint density at radius 3 is 2.76 bits per heavy atom. The molecule has 0 saturated heterocycles. The fraction of sp³-hybridized carbons (Fsp3) is 0.250. The van der Waals surface area contributed by atoms with Gasteiger partial charge in [0.1, 0.15) is 0 Å². The van der Waals surface area contributed by atoms with E-state index in [-0.39, 0.29) is 6.04 Å². The van der Waals surface area contributed by atoms with E-state index in [1.807, 2.05) is 19.4 Å². The maximum atomic E-state index is 5.65. The minimum Gasteiger partial charge on any atom is -0.275 e. The van der Waals surface area contributed by atoms with Crippen molar-refractivity contribution in [1.82, 2.24) is 15.2 Å². The van der Waals surface area contributed by atoms with Gasteiger partial charge in [0.2, 0.25) is 0 Å². The molecule has 0 bridgehead atoms. The van der Waals surface area contributed by atoms with Crippen LogP contribution >= 0.6 is 15.9 Å². The number of aromatic nitrogens is 2. The summed E-state index contributed by atoms with van der Waals surface area (Å²) in [5.41, 5.74) is 6.18. The molecule has 0 aliphatic heterocycles. The number of halogens is 1. The van der Waals surface area contributed by atoms with Crippen LogP contribution in [0.15, 0.2) is 35.1 Å². The number of nitrogens with one attached hydrogen (secondary N) is 1. The Kier molecular flexibility index (Phi) is 3.61. The van der Waals surface area contributed by atoms with E-state index < -0.39 is 0 Å². The summed E-state index contributed by atoms with van der Waals surface area (Å²) in [4.78, 5) is 0. The van der Waals surface area contributed by atoms with Crippen LogP contribution < -0.4 is 11.3 Å². The molecule has 17 heavy (non-hydrogen) atoms. The summed E-state index contributed by atoms with van der Waals surface area (Å²) < 4.78 is 2.81. The molecular formula is C12H15BrN4. The van der Waals surface area contributed by atoms with Gasteiger partial charge in [-0.15, -0.1) is 0 Å². The molecule has 0 aliphatic rings. The van der Waals surface area contributed by atoms with E-state index in [1.165, 1.54) is 5.56 Å². The van der Waals surface area contributed by atoms with Crippen LogP contribution in [-0.2, 0) is 7.05 Å². The first-order chi connectivity index (χ1) is 8.11. The van der Waals surface area contributed by atoms with Gasteiger partial charge in [-0.2, -0.15) is 5.10 Å². The van der Waals surface area contributed by atoms with Gasteiger partial charge in [0.05, 0.1) is 12.2 Å². The maximum Gasteiger partial charge on any atom is 0.0751 e. The topological polar surface area (TPSA) is 55.9 Å². The second-order valence-corrected chi connectivity index (χ2v) is 4.93. The minimum absolute atomic E-state index is 0.0568. The molecule has 0 spiro atoms. The highest BCUT2D eigenvalue weighted by molar-refractivity contribution is 9.10. The number of hydrogen-bond donors (Lipinski definition) is 2. The first-order valence-corrected chi connectivity index (χ1v) is 6.12. The van der Waals surface area contributed by atoms with Crippen LogP contribution in [0.1, 0.15) is 22.7 Å². The lowest BCUT2D eigenvalue weighted by atomic mass is 10.0. The van der Waals surface area contributed by atoms with Gasteiger partial charge in [-0.25, -0.2) is 5.43 Å². The fourth-order valence-electron chi connectivity index (χ4n) is 1.82. The molecule has 1 heterocycles. The third-order valence-electron chi connectivity index (χ3n) is 2.69. The molecule has 2 rings (SSSR count). The van der Waals surface area contributed by atoms with Gasteiger partial charge in [-0.1, -0.05) is 28.1 Å². The lowest BCUT2D eigenvalue weighted by Crippen LogP contribution is -2.28. The van der Waals surface area contributed by atoms with E-state index in [2.05, 4.69) is 51.6 Å². The van der Waals surface area contributed by atoms with Crippen LogP contribution in [0.4, 0.5) is 0 Å². The number of nitrogens with zero attached hydrogens (tertiary/aromatic N) is 2. The first-order valence-electron chi connectivity index (χ1n) is 5.32.